The molecule has 4 aromatic carbocycles. The lowest BCUT2D eigenvalue weighted by Gasteiger charge is -2.22. The lowest BCUT2D eigenvalue weighted by atomic mass is 9.89. The molecule has 0 unspecified atom stereocenters. The van der Waals surface area contributed by atoms with Gasteiger partial charge in [0, 0.05) is 6.04 Å². The van der Waals surface area contributed by atoms with Crippen molar-refractivity contribution in [1.29, 1.82) is 0 Å². The molecule has 202 valence electrons. The van der Waals surface area contributed by atoms with Crippen LogP contribution < -0.4 is 15.2 Å². The zero-order chi connectivity index (χ0) is 27.5. The molecule has 0 heterocycles. The summed E-state index contributed by atoms with van der Waals surface area (Å²) in [5, 5.41) is 20.5. The predicted molar refractivity (Wildman–Crippen MR) is 152 cm³/mol. The number of carbonyl (C=O) groups is 1. The number of benzene rings is 4. The molecule has 0 saturated heterocycles. The Labute approximate surface area is 229 Å². The van der Waals surface area contributed by atoms with Gasteiger partial charge in [0.15, 0.2) is 0 Å². The Morgan fingerprint density at radius 1 is 0.641 bits per heavy atom. The molecule has 4 N–H and O–H groups in total. The average Bonchev–Trinajstić information content (AvgIpc) is 2.97. The van der Waals surface area contributed by atoms with Gasteiger partial charge in [-0.25, -0.2) is 0 Å². The number of carboxylic acid groups (broad SMARTS) is 1. The number of carboxylic acids is 1. The van der Waals surface area contributed by atoms with E-state index >= 15 is 0 Å². The smallest absolute Gasteiger partial charge is 0.306 e. The minimum absolute atomic E-state index is 0.0705. The van der Waals surface area contributed by atoms with Gasteiger partial charge in [-0.2, -0.15) is 0 Å². The van der Waals surface area contributed by atoms with Crippen LogP contribution in [0.2, 0.25) is 0 Å². The van der Waals surface area contributed by atoms with Crippen molar-refractivity contribution in [2.45, 2.75) is 44.6 Å². The molecular formula is C33H35NO5. The molecule has 4 rings (SSSR count). The number of ether oxygens (including phenoxy) is 2. The first kappa shape index (κ1) is 27.9. The molecule has 0 fully saturated rings. The number of nitrogens with two attached hydrogens (primary N) is 1. The van der Waals surface area contributed by atoms with Gasteiger partial charge in [-0.05, 0) is 65.8 Å². The summed E-state index contributed by atoms with van der Waals surface area (Å²) in [6.45, 7) is 0.948. The van der Waals surface area contributed by atoms with Crippen LogP contribution in [0.1, 0.15) is 28.7 Å². The van der Waals surface area contributed by atoms with Gasteiger partial charge in [0.2, 0.25) is 0 Å². The molecule has 0 radical (unpaired) electrons. The van der Waals surface area contributed by atoms with Crippen LogP contribution in [0.25, 0.3) is 0 Å². The summed E-state index contributed by atoms with van der Waals surface area (Å²) >= 11 is 0. The Morgan fingerprint density at radius 3 is 1.51 bits per heavy atom. The molecule has 6 nitrogen and oxygen atoms in total. The van der Waals surface area contributed by atoms with E-state index in [0.29, 0.717) is 31.8 Å². The topological polar surface area (TPSA) is 102 Å². The van der Waals surface area contributed by atoms with Gasteiger partial charge in [-0.3, -0.25) is 4.79 Å². The highest BCUT2D eigenvalue weighted by Crippen LogP contribution is 2.21. The van der Waals surface area contributed by atoms with Gasteiger partial charge in [0.25, 0.3) is 0 Å². The summed E-state index contributed by atoms with van der Waals surface area (Å²) in [6, 6.07) is 34.2. The second-order valence-electron chi connectivity index (χ2n) is 9.75. The number of hydrogen-bond acceptors (Lipinski definition) is 5. The van der Waals surface area contributed by atoms with Crippen LogP contribution in [0.5, 0.6) is 11.5 Å². The van der Waals surface area contributed by atoms with Crippen molar-refractivity contribution in [3.05, 3.63) is 131 Å². The van der Waals surface area contributed by atoms with E-state index in [4.69, 9.17) is 15.2 Å². The molecule has 6 heteroatoms. The molecule has 39 heavy (non-hydrogen) atoms. The van der Waals surface area contributed by atoms with Gasteiger partial charge in [0.05, 0.1) is 12.0 Å². The largest absolute Gasteiger partial charge is 0.489 e. The van der Waals surface area contributed by atoms with Crippen molar-refractivity contribution in [2.75, 3.05) is 0 Å². The predicted octanol–water partition coefficient (Wildman–Crippen LogP) is 5.41. The standard InChI is InChI=1S/C33H35NO5/c34-31(20-25-13-17-30(18-14-25)39-23-27-9-5-2-6-10-27)32(35)21-28(33(36)37)19-24-11-15-29(16-12-24)38-22-26-7-3-1-4-8-26/h1-18,28,31-32,35H,19-23,34H2,(H,36,37)/t28-,31+,32+/m1/s1. The first-order valence-electron chi connectivity index (χ1n) is 13.1. The van der Waals surface area contributed by atoms with E-state index in [1.807, 2.05) is 109 Å². The summed E-state index contributed by atoms with van der Waals surface area (Å²) < 4.78 is 11.6. The molecule has 0 bridgehead atoms. The van der Waals surface area contributed by atoms with Crippen LogP contribution in [-0.2, 0) is 30.8 Å². The fourth-order valence-electron chi connectivity index (χ4n) is 4.36. The van der Waals surface area contributed by atoms with E-state index < -0.39 is 24.0 Å². The number of aliphatic carboxylic acids is 1. The summed E-state index contributed by atoms with van der Waals surface area (Å²) in [6.07, 6.45) is -0.152. The SMILES string of the molecule is N[C@@H](Cc1ccc(OCc2ccccc2)cc1)[C@@H](O)C[C@@H](Cc1ccc(OCc2ccccc2)cc1)C(=O)O. The van der Waals surface area contributed by atoms with Gasteiger partial charge in [-0.15, -0.1) is 0 Å². The molecule has 0 aliphatic heterocycles. The van der Waals surface area contributed by atoms with Gasteiger partial charge < -0.3 is 25.4 Å². The van der Waals surface area contributed by atoms with E-state index in [-0.39, 0.29) is 6.42 Å². The maximum absolute atomic E-state index is 12.0. The molecular weight excluding hydrogens is 490 g/mol. The summed E-state index contributed by atoms with van der Waals surface area (Å²) in [5.41, 5.74) is 10.3. The van der Waals surface area contributed by atoms with Crippen molar-refractivity contribution in [3.63, 3.8) is 0 Å². The quantitative estimate of drug-likeness (QED) is 0.204. The average molecular weight is 526 g/mol. The van der Waals surface area contributed by atoms with Gasteiger partial charge >= 0.3 is 5.97 Å². The summed E-state index contributed by atoms with van der Waals surface area (Å²) in [7, 11) is 0. The second kappa shape index (κ2) is 14.1. The van der Waals surface area contributed by atoms with Crippen LogP contribution >= 0.6 is 0 Å². The summed E-state index contributed by atoms with van der Waals surface area (Å²) in [4.78, 5) is 12.0. The molecule has 0 amide bonds. The van der Waals surface area contributed by atoms with Gasteiger partial charge in [-0.1, -0.05) is 84.9 Å². The maximum Gasteiger partial charge on any atom is 0.306 e. The van der Waals surface area contributed by atoms with E-state index in [1.165, 1.54) is 0 Å². The fraction of sp³-hybridized carbons (Fsp3) is 0.242. The molecule has 4 aromatic rings. The van der Waals surface area contributed by atoms with Crippen molar-refractivity contribution < 1.29 is 24.5 Å². The normalized spacial score (nSPS) is 13.3. The van der Waals surface area contributed by atoms with Crippen molar-refractivity contribution >= 4 is 5.97 Å². The monoisotopic (exact) mass is 525 g/mol. The Balaban J connectivity index is 1.25. The molecule has 0 spiro atoms. The third-order valence-electron chi connectivity index (χ3n) is 6.67. The highest BCUT2D eigenvalue weighted by molar-refractivity contribution is 5.70. The number of hydrogen-bond donors (Lipinski definition) is 3. The van der Waals surface area contributed by atoms with Crippen LogP contribution in [0, 0.1) is 5.92 Å². The van der Waals surface area contributed by atoms with E-state index in [1.54, 1.807) is 0 Å². The third-order valence-corrected chi connectivity index (χ3v) is 6.67. The van der Waals surface area contributed by atoms with E-state index in [9.17, 15) is 15.0 Å². The van der Waals surface area contributed by atoms with Crippen molar-refractivity contribution in [2.24, 2.45) is 11.7 Å². The number of aliphatic hydroxyl groups is 1. The lowest BCUT2D eigenvalue weighted by molar-refractivity contribution is -0.142. The highest BCUT2D eigenvalue weighted by Gasteiger charge is 2.25. The molecule has 0 aliphatic carbocycles. The minimum Gasteiger partial charge on any atom is -0.489 e. The fourth-order valence-corrected chi connectivity index (χ4v) is 4.36. The Bertz CT molecular complexity index is 1280. The van der Waals surface area contributed by atoms with Crippen LogP contribution in [0.4, 0.5) is 0 Å². The Hall–Kier alpha value is -4.13. The summed E-state index contributed by atoms with van der Waals surface area (Å²) in [5.74, 6) is -0.242. The van der Waals surface area contributed by atoms with Crippen LogP contribution in [0.15, 0.2) is 109 Å². The first-order chi connectivity index (χ1) is 19.0. The van der Waals surface area contributed by atoms with Crippen molar-refractivity contribution in [3.8, 4) is 11.5 Å². The van der Waals surface area contributed by atoms with E-state index in [2.05, 4.69) is 0 Å². The number of rotatable bonds is 14. The van der Waals surface area contributed by atoms with Gasteiger partial charge in [0.1, 0.15) is 24.7 Å². The number of aliphatic hydroxyl groups excluding tert-OH is 1. The molecule has 0 aromatic heterocycles. The Kier molecular flexibility index (Phi) is 10.1. The van der Waals surface area contributed by atoms with Crippen LogP contribution in [-0.4, -0.2) is 28.3 Å². The maximum atomic E-state index is 12.0. The third kappa shape index (κ3) is 8.99. The minimum atomic E-state index is -0.953. The second-order valence-corrected chi connectivity index (χ2v) is 9.75. The zero-order valence-corrected chi connectivity index (χ0v) is 21.9. The van der Waals surface area contributed by atoms with E-state index in [0.717, 1.165) is 28.0 Å². The molecule has 0 aliphatic rings. The van der Waals surface area contributed by atoms with Crippen LogP contribution in [0.3, 0.4) is 0 Å². The zero-order valence-electron chi connectivity index (χ0n) is 21.9. The molecule has 0 saturated carbocycles. The lowest BCUT2D eigenvalue weighted by Crippen LogP contribution is -2.39. The Morgan fingerprint density at radius 2 is 1.08 bits per heavy atom. The highest BCUT2D eigenvalue weighted by atomic mass is 16.5. The molecule has 3 atom stereocenters. The first-order valence-corrected chi connectivity index (χ1v) is 13.1. The van der Waals surface area contributed by atoms with Crippen molar-refractivity contribution in [1.82, 2.24) is 0 Å².